The molecule has 17 heavy (non-hydrogen) atoms. The Kier molecular flexibility index (Phi) is 3.05. The Bertz CT molecular complexity index is 346. The summed E-state index contributed by atoms with van der Waals surface area (Å²) in [5.74, 6) is -3.20. The number of alkyl halides is 2. The lowest BCUT2D eigenvalue weighted by Crippen LogP contribution is -2.58. The van der Waals surface area contributed by atoms with E-state index in [4.69, 9.17) is 0 Å². The Morgan fingerprint density at radius 1 is 1.47 bits per heavy atom. The third kappa shape index (κ3) is 2.56. The zero-order valence-electron chi connectivity index (χ0n) is 9.71. The minimum absolute atomic E-state index is 0.0215. The van der Waals surface area contributed by atoms with Crippen molar-refractivity contribution < 1.29 is 18.4 Å². The van der Waals surface area contributed by atoms with Gasteiger partial charge in [-0.05, 0) is 19.3 Å². The molecule has 96 valence electrons. The van der Waals surface area contributed by atoms with Crippen LogP contribution in [0.1, 0.15) is 26.2 Å². The Labute approximate surface area is 98.3 Å². The SMILES string of the molecule is CC1C(=O)NCC(=O)N1CC1CCC(F)(F)C1. The number of nitrogens with one attached hydrogen (secondary N) is 1. The van der Waals surface area contributed by atoms with Crippen LogP contribution in [0.5, 0.6) is 0 Å². The van der Waals surface area contributed by atoms with E-state index >= 15 is 0 Å². The number of nitrogens with zero attached hydrogens (tertiary/aromatic N) is 1. The first kappa shape index (κ1) is 12.3. The van der Waals surface area contributed by atoms with Crippen LogP contribution in [-0.4, -0.2) is 41.8 Å². The molecule has 1 N–H and O–H groups in total. The molecular weight excluding hydrogens is 230 g/mol. The molecular formula is C11H16F2N2O2. The zero-order chi connectivity index (χ0) is 12.6. The molecule has 6 heteroatoms. The quantitative estimate of drug-likeness (QED) is 0.782. The fourth-order valence-electron chi connectivity index (χ4n) is 2.51. The van der Waals surface area contributed by atoms with Crippen LogP contribution in [-0.2, 0) is 9.59 Å². The second-order valence-electron chi connectivity index (χ2n) is 4.90. The maximum Gasteiger partial charge on any atom is 0.248 e. The van der Waals surface area contributed by atoms with Crippen LogP contribution in [0.4, 0.5) is 8.78 Å². The largest absolute Gasteiger partial charge is 0.345 e. The van der Waals surface area contributed by atoms with Crippen molar-refractivity contribution in [2.24, 2.45) is 5.92 Å². The molecule has 0 bridgehead atoms. The highest BCUT2D eigenvalue weighted by Gasteiger charge is 2.42. The number of rotatable bonds is 2. The molecule has 1 aliphatic heterocycles. The lowest BCUT2D eigenvalue weighted by Gasteiger charge is -2.34. The Hall–Kier alpha value is -1.20. The monoisotopic (exact) mass is 246 g/mol. The standard InChI is InChI=1S/C11H16F2N2O2/c1-7-10(17)14-5-9(16)15(7)6-8-2-3-11(12,13)4-8/h7-8H,2-6H2,1H3,(H,14,17). The van der Waals surface area contributed by atoms with Crippen LogP contribution in [0.2, 0.25) is 0 Å². The molecule has 2 unspecified atom stereocenters. The predicted octanol–water partition coefficient (Wildman–Crippen LogP) is 0.769. The molecule has 2 atom stereocenters. The van der Waals surface area contributed by atoms with E-state index in [9.17, 15) is 18.4 Å². The van der Waals surface area contributed by atoms with Gasteiger partial charge in [0.15, 0.2) is 0 Å². The predicted molar refractivity (Wildman–Crippen MR) is 56.5 cm³/mol. The highest BCUT2D eigenvalue weighted by atomic mass is 19.3. The number of halogens is 2. The Morgan fingerprint density at radius 3 is 2.76 bits per heavy atom. The minimum Gasteiger partial charge on any atom is -0.345 e. The summed E-state index contributed by atoms with van der Waals surface area (Å²) in [6, 6.07) is -0.550. The summed E-state index contributed by atoms with van der Waals surface area (Å²) in [7, 11) is 0. The van der Waals surface area contributed by atoms with Crippen LogP contribution >= 0.6 is 0 Å². The summed E-state index contributed by atoms with van der Waals surface area (Å²) in [6.07, 6.45) is 0.135. The summed E-state index contributed by atoms with van der Waals surface area (Å²) in [5.41, 5.74) is 0. The maximum atomic E-state index is 13.0. The van der Waals surface area contributed by atoms with Crippen molar-refractivity contribution in [2.75, 3.05) is 13.1 Å². The molecule has 0 aromatic rings. The topological polar surface area (TPSA) is 49.4 Å². The van der Waals surface area contributed by atoms with Crippen molar-refractivity contribution >= 4 is 11.8 Å². The number of carbonyl (C=O) groups is 2. The van der Waals surface area contributed by atoms with E-state index < -0.39 is 12.0 Å². The normalized spacial score (nSPS) is 32.8. The van der Waals surface area contributed by atoms with E-state index in [-0.39, 0.29) is 43.7 Å². The molecule has 1 aliphatic carbocycles. The van der Waals surface area contributed by atoms with Gasteiger partial charge in [-0.1, -0.05) is 0 Å². The maximum absolute atomic E-state index is 13.0. The number of carbonyl (C=O) groups excluding carboxylic acids is 2. The van der Waals surface area contributed by atoms with E-state index in [1.807, 2.05) is 0 Å². The molecule has 2 amide bonds. The van der Waals surface area contributed by atoms with Gasteiger partial charge in [-0.15, -0.1) is 0 Å². The lowest BCUT2D eigenvalue weighted by molar-refractivity contribution is -0.145. The number of hydrogen-bond donors (Lipinski definition) is 1. The Morgan fingerprint density at radius 2 is 2.18 bits per heavy atom. The summed E-state index contributed by atoms with van der Waals surface area (Å²) in [4.78, 5) is 24.4. The molecule has 2 fully saturated rings. The van der Waals surface area contributed by atoms with Crippen LogP contribution in [0, 0.1) is 5.92 Å². The van der Waals surface area contributed by atoms with Gasteiger partial charge in [0.2, 0.25) is 17.7 Å². The summed E-state index contributed by atoms with van der Waals surface area (Å²) >= 11 is 0. The van der Waals surface area contributed by atoms with Crippen molar-refractivity contribution in [2.45, 2.75) is 38.2 Å². The zero-order valence-corrected chi connectivity index (χ0v) is 9.71. The molecule has 1 saturated heterocycles. The van der Waals surface area contributed by atoms with Gasteiger partial charge in [-0.3, -0.25) is 9.59 Å². The van der Waals surface area contributed by atoms with E-state index in [0.29, 0.717) is 6.42 Å². The van der Waals surface area contributed by atoms with Gasteiger partial charge >= 0.3 is 0 Å². The summed E-state index contributed by atoms with van der Waals surface area (Å²) in [5, 5.41) is 2.47. The van der Waals surface area contributed by atoms with Gasteiger partial charge in [0.05, 0.1) is 6.54 Å². The first-order chi connectivity index (χ1) is 7.89. The van der Waals surface area contributed by atoms with E-state index in [1.54, 1.807) is 6.92 Å². The number of piperazine rings is 1. The molecule has 0 radical (unpaired) electrons. The fourth-order valence-corrected chi connectivity index (χ4v) is 2.51. The molecule has 2 rings (SSSR count). The average molecular weight is 246 g/mol. The number of amides is 2. The molecule has 4 nitrogen and oxygen atoms in total. The molecule has 1 heterocycles. The van der Waals surface area contributed by atoms with Gasteiger partial charge in [0, 0.05) is 19.4 Å². The van der Waals surface area contributed by atoms with Gasteiger partial charge in [0.1, 0.15) is 6.04 Å². The van der Waals surface area contributed by atoms with E-state index in [1.165, 1.54) is 4.90 Å². The van der Waals surface area contributed by atoms with Crippen LogP contribution in [0.3, 0.4) is 0 Å². The number of hydrogen-bond acceptors (Lipinski definition) is 2. The highest BCUT2D eigenvalue weighted by Crippen LogP contribution is 2.39. The Balaban J connectivity index is 1.98. The molecule has 0 spiro atoms. The first-order valence-corrected chi connectivity index (χ1v) is 5.84. The van der Waals surface area contributed by atoms with Gasteiger partial charge in [-0.25, -0.2) is 8.78 Å². The molecule has 0 aromatic heterocycles. The first-order valence-electron chi connectivity index (χ1n) is 5.84. The summed E-state index contributed by atoms with van der Waals surface area (Å²) < 4.78 is 26.1. The van der Waals surface area contributed by atoms with Crippen molar-refractivity contribution in [3.8, 4) is 0 Å². The van der Waals surface area contributed by atoms with Crippen molar-refractivity contribution in [1.29, 1.82) is 0 Å². The van der Waals surface area contributed by atoms with Crippen molar-refractivity contribution in [3.05, 3.63) is 0 Å². The molecule has 0 aromatic carbocycles. The van der Waals surface area contributed by atoms with Crippen LogP contribution in [0.15, 0.2) is 0 Å². The fraction of sp³-hybridized carbons (Fsp3) is 0.818. The minimum atomic E-state index is -2.60. The van der Waals surface area contributed by atoms with Crippen LogP contribution in [0.25, 0.3) is 0 Å². The van der Waals surface area contributed by atoms with Gasteiger partial charge < -0.3 is 10.2 Å². The summed E-state index contributed by atoms with van der Waals surface area (Å²) in [6.45, 7) is 1.87. The average Bonchev–Trinajstić information content (AvgIpc) is 2.59. The van der Waals surface area contributed by atoms with Gasteiger partial charge in [-0.2, -0.15) is 0 Å². The van der Waals surface area contributed by atoms with Crippen molar-refractivity contribution in [3.63, 3.8) is 0 Å². The van der Waals surface area contributed by atoms with E-state index in [2.05, 4.69) is 5.32 Å². The third-order valence-electron chi connectivity index (χ3n) is 3.54. The molecule has 2 aliphatic rings. The van der Waals surface area contributed by atoms with Crippen molar-refractivity contribution in [1.82, 2.24) is 10.2 Å². The third-order valence-corrected chi connectivity index (χ3v) is 3.54. The highest BCUT2D eigenvalue weighted by molar-refractivity contribution is 5.94. The van der Waals surface area contributed by atoms with Crippen LogP contribution < -0.4 is 5.32 Å². The smallest absolute Gasteiger partial charge is 0.248 e. The van der Waals surface area contributed by atoms with Gasteiger partial charge in [0.25, 0.3) is 0 Å². The second-order valence-corrected chi connectivity index (χ2v) is 4.90. The van der Waals surface area contributed by atoms with E-state index in [0.717, 1.165) is 0 Å². The molecule has 1 saturated carbocycles. The lowest BCUT2D eigenvalue weighted by atomic mass is 10.1. The second kappa shape index (κ2) is 4.23.